The quantitative estimate of drug-likeness (QED) is 0.479. The number of rotatable bonds is 4. The Morgan fingerprint density at radius 2 is 2.18 bits per heavy atom. The Hall–Kier alpha value is 0.430. The second kappa shape index (κ2) is 8.53. The van der Waals surface area contributed by atoms with E-state index in [1.54, 1.807) is 6.92 Å². The van der Waals surface area contributed by atoms with Crippen LogP contribution in [0.3, 0.4) is 0 Å². The molecule has 0 radical (unpaired) electrons. The fourth-order valence-electron chi connectivity index (χ4n) is 0.516. The van der Waals surface area contributed by atoms with E-state index < -0.39 is 6.10 Å². The van der Waals surface area contributed by atoms with Crippen LogP contribution in [-0.2, 0) is 9.53 Å². The van der Waals surface area contributed by atoms with Crippen LogP contribution in [0.25, 0.3) is 0 Å². The molecule has 0 aromatic carbocycles. The first kappa shape index (κ1) is 14.0. The Morgan fingerprint density at radius 1 is 1.64 bits per heavy atom. The summed E-state index contributed by atoms with van der Waals surface area (Å²) in [5, 5.41) is 8.72. The van der Waals surface area contributed by atoms with Crippen molar-refractivity contribution in [2.24, 2.45) is 0 Å². The Morgan fingerprint density at radius 3 is 2.55 bits per heavy atom. The maximum atomic E-state index is 10.6. The minimum atomic E-state index is -0.593. The topological polar surface area (TPSA) is 46.5 Å². The van der Waals surface area contributed by atoms with Crippen molar-refractivity contribution in [1.82, 2.24) is 0 Å². The van der Waals surface area contributed by atoms with Gasteiger partial charge in [-0.05, 0) is 13.3 Å². The van der Waals surface area contributed by atoms with Crippen LogP contribution in [0.15, 0.2) is 0 Å². The van der Waals surface area contributed by atoms with Crippen molar-refractivity contribution in [1.29, 1.82) is 0 Å². The van der Waals surface area contributed by atoms with Crippen molar-refractivity contribution >= 4 is 35.5 Å². The summed E-state index contributed by atoms with van der Waals surface area (Å²) in [7, 11) is 0. The number of aliphatic hydroxyl groups excluding tert-OH is 1. The van der Waals surface area contributed by atoms with E-state index in [9.17, 15) is 4.79 Å². The van der Waals surface area contributed by atoms with E-state index in [0.29, 0.717) is 6.61 Å². The van der Waals surface area contributed by atoms with Gasteiger partial charge >= 0.3 is 35.5 Å². The van der Waals surface area contributed by atoms with E-state index in [-0.39, 0.29) is 41.9 Å². The Bertz CT molecular complexity index is 104. The van der Waals surface area contributed by atoms with Crippen LogP contribution in [0.2, 0.25) is 0 Å². The number of esters is 1. The molecule has 0 aliphatic rings. The SMILES string of the molecule is CCCOC(=O)CC(C)O.[NaH]. The second-order valence-electron chi connectivity index (χ2n) is 2.27. The van der Waals surface area contributed by atoms with Crippen molar-refractivity contribution in [3.05, 3.63) is 0 Å². The summed E-state index contributed by atoms with van der Waals surface area (Å²) < 4.78 is 4.70. The Balaban J connectivity index is 0. The molecule has 0 heterocycles. The molecule has 3 nitrogen and oxygen atoms in total. The predicted octanol–water partition coefficient (Wildman–Crippen LogP) is 0.0620. The molecule has 1 atom stereocenters. The molecule has 4 heteroatoms. The fourth-order valence-corrected chi connectivity index (χ4v) is 0.516. The van der Waals surface area contributed by atoms with Crippen LogP contribution >= 0.6 is 0 Å². The van der Waals surface area contributed by atoms with Crippen LogP contribution in [0.1, 0.15) is 26.7 Å². The van der Waals surface area contributed by atoms with Crippen LogP contribution in [0, 0.1) is 0 Å². The van der Waals surface area contributed by atoms with Gasteiger partial charge in [0.1, 0.15) is 0 Å². The van der Waals surface area contributed by atoms with Gasteiger partial charge in [-0.1, -0.05) is 6.92 Å². The summed E-state index contributed by atoms with van der Waals surface area (Å²) in [5.41, 5.74) is 0. The van der Waals surface area contributed by atoms with Crippen molar-refractivity contribution < 1.29 is 14.6 Å². The van der Waals surface area contributed by atoms with Gasteiger partial charge in [0.2, 0.25) is 0 Å². The molecule has 0 saturated heterocycles. The summed E-state index contributed by atoms with van der Waals surface area (Å²) in [6, 6.07) is 0. The van der Waals surface area contributed by atoms with Crippen LogP contribution in [0.4, 0.5) is 0 Å². The van der Waals surface area contributed by atoms with Gasteiger partial charge in [-0.15, -0.1) is 0 Å². The molecule has 0 rings (SSSR count). The molecular formula is C7H15NaO3. The number of hydrogen-bond acceptors (Lipinski definition) is 3. The number of hydrogen-bond donors (Lipinski definition) is 1. The molecule has 0 spiro atoms. The molecule has 0 aromatic rings. The monoisotopic (exact) mass is 170 g/mol. The predicted molar refractivity (Wildman–Crippen MR) is 44.7 cm³/mol. The minimum absolute atomic E-state index is 0. The maximum absolute atomic E-state index is 10.6. The van der Waals surface area contributed by atoms with Crippen LogP contribution in [0.5, 0.6) is 0 Å². The number of ether oxygens (including phenoxy) is 1. The van der Waals surface area contributed by atoms with Gasteiger partial charge in [-0.25, -0.2) is 0 Å². The van der Waals surface area contributed by atoms with E-state index in [1.807, 2.05) is 6.92 Å². The number of aliphatic hydroxyl groups is 1. The Kier molecular flexibility index (Phi) is 10.8. The van der Waals surface area contributed by atoms with Gasteiger partial charge in [0.15, 0.2) is 0 Å². The fraction of sp³-hybridized carbons (Fsp3) is 0.857. The average Bonchev–Trinajstić information content (AvgIpc) is 1.82. The molecule has 1 unspecified atom stereocenters. The first-order valence-corrected chi connectivity index (χ1v) is 3.50. The summed E-state index contributed by atoms with van der Waals surface area (Å²) in [5.74, 6) is -0.322. The molecule has 0 aliphatic heterocycles. The molecule has 0 fully saturated rings. The third-order valence-electron chi connectivity index (χ3n) is 0.929. The number of carbonyl (C=O) groups excluding carboxylic acids is 1. The van der Waals surface area contributed by atoms with Crippen LogP contribution in [-0.4, -0.2) is 53.3 Å². The van der Waals surface area contributed by atoms with E-state index in [2.05, 4.69) is 0 Å². The molecule has 62 valence electrons. The standard InChI is InChI=1S/C7H14O3.Na.H/c1-3-4-10-7(9)5-6(2)8;;/h6,8H,3-5H2,1-2H3;;. The number of carbonyl (C=O) groups is 1. The van der Waals surface area contributed by atoms with Gasteiger partial charge in [-0.3, -0.25) is 4.79 Å². The molecule has 1 N–H and O–H groups in total. The first-order valence-electron chi connectivity index (χ1n) is 3.50. The second-order valence-corrected chi connectivity index (χ2v) is 2.27. The molecule has 0 aromatic heterocycles. The van der Waals surface area contributed by atoms with E-state index in [0.717, 1.165) is 6.42 Å². The van der Waals surface area contributed by atoms with Crippen molar-refractivity contribution in [2.75, 3.05) is 6.61 Å². The van der Waals surface area contributed by atoms with Gasteiger partial charge in [-0.2, -0.15) is 0 Å². The normalized spacial score (nSPS) is 11.5. The van der Waals surface area contributed by atoms with Gasteiger partial charge in [0.25, 0.3) is 0 Å². The van der Waals surface area contributed by atoms with Gasteiger partial charge in [0, 0.05) is 0 Å². The molecule has 0 amide bonds. The molecule has 0 saturated carbocycles. The Labute approximate surface area is 89.4 Å². The summed E-state index contributed by atoms with van der Waals surface area (Å²) in [6.07, 6.45) is 0.329. The van der Waals surface area contributed by atoms with E-state index >= 15 is 0 Å². The van der Waals surface area contributed by atoms with Crippen molar-refractivity contribution in [2.45, 2.75) is 32.8 Å². The average molecular weight is 170 g/mol. The van der Waals surface area contributed by atoms with Crippen molar-refractivity contribution in [3.8, 4) is 0 Å². The zero-order valence-corrected chi connectivity index (χ0v) is 6.46. The van der Waals surface area contributed by atoms with Gasteiger partial charge < -0.3 is 9.84 Å². The van der Waals surface area contributed by atoms with Crippen molar-refractivity contribution in [3.63, 3.8) is 0 Å². The molecule has 11 heavy (non-hydrogen) atoms. The zero-order chi connectivity index (χ0) is 7.98. The van der Waals surface area contributed by atoms with E-state index in [4.69, 9.17) is 9.84 Å². The third-order valence-corrected chi connectivity index (χ3v) is 0.929. The molecule has 0 aliphatic carbocycles. The summed E-state index contributed by atoms with van der Waals surface area (Å²) in [4.78, 5) is 10.6. The molecular weight excluding hydrogens is 155 g/mol. The van der Waals surface area contributed by atoms with Gasteiger partial charge in [0.05, 0.1) is 19.1 Å². The van der Waals surface area contributed by atoms with E-state index in [1.165, 1.54) is 0 Å². The zero-order valence-electron chi connectivity index (χ0n) is 6.46. The van der Waals surface area contributed by atoms with Crippen LogP contribution < -0.4 is 0 Å². The molecule has 0 bridgehead atoms. The first-order chi connectivity index (χ1) is 4.66. The third kappa shape index (κ3) is 10.4. The summed E-state index contributed by atoms with van der Waals surface area (Å²) in [6.45, 7) is 3.94. The summed E-state index contributed by atoms with van der Waals surface area (Å²) >= 11 is 0.